The number of rotatable bonds is 2. The maximum Gasteiger partial charge on any atom is 0.159 e. The normalized spacial score (nSPS) is 12.7. The van der Waals surface area contributed by atoms with Crippen LogP contribution in [-0.4, -0.2) is 11.4 Å². The fourth-order valence-corrected chi connectivity index (χ4v) is 1.37. The molecule has 0 fully saturated rings. The molecule has 0 aromatic heterocycles. The molecule has 0 unspecified atom stereocenters. The van der Waals surface area contributed by atoms with E-state index in [1.165, 1.54) is 6.07 Å². The molecule has 5 heteroatoms. The highest BCUT2D eigenvalue weighted by atomic mass is 19.2. The fraction of sp³-hybridized carbons (Fsp3) is 0.417. The smallest absolute Gasteiger partial charge is 0.159 e. The van der Waals surface area contributed by atoms with E-state index < -0.39 is 11.6 Å². The van der Waals surface area contributed by atoms with Gasteiger partial charge in [0.1, 0.15) is 5.84 Å². The first kappa shape index (κ1) is 13.6. The van der Waals surface area contributed by atoms with E-state index in [0.29, 0.717) is 17.8 Å². The standard InChI is InChI=1S/C12H17F2N3/c1-12(2,3)16-11(17-15)7-8-4-5-9(13)10(14)6-8/h4-6H,7,15H2,1-3H3,(H,16,17). The topological polar surface area (TPSA) is 50.4 Å². The molecule has 3 nitrogen and oxygen atoms in total. The van der Waals surface area contributed by atoms with E-state index in [2.05, 4.69) is 10.4 Å². The predicted molar refractivity (Wildman–Crippen MR) is 64.6 cm³/mol. The zero-order valence-corrected chi connectivity index (χ0v) is 10.2. The van der Waals surface area contributed by atoms with E-state index in [9.17, 15) is 8.78 Å². The van der Waals surface area contributed by atoms with Crippen LogP contribution in [0.4, 0.5) is 8.78 Å². The monoisotopic (exact) mass is 241 g/mol. The fourth-order valence-electron chi connectivity index (χ4n) is 1.37. The van der Waals surface area contributed by atoms with Gasteiger partial charge in [0.15, 0.2) is 11.6 Å². The minimum Gasteiger partial charge on any atom is -0.312 e. The highest BCUT2D eigenvalue weighted by Gasteiger charge is 2.11. The van der Waals surface area contributed by atoms with Crippen LogP contribution in [0.5, 0.6) is 0 Å². The largest absolute Gasteiger partial charge is 0.312 e. The Labute approximate surface area is 99.7 Å². The molecule has 0 aliphatic carbocycles. The lowest BCUT2D eigenvalue weighted by Gasteiger charge is -2.15. The summed E-state index contributed by atoms with van der Waals surface area (Å²) in [5.41, 5.74) is 2.81. The first-order valence-electron chi connectivity index (χ1n) is 5.31. The molecular weight excluding hydrogens is 224 g/mol. The molecule has 94 valence electrons. The zero-order valence-electron chi connectivity index (χ0n) is 10.2. The molecule has 0 aliphatic rings. The molecule has 0 saturated heterocycles. The van der Waals surface area contributed by atoms with Crippen LogP contribution in [0.3, 0.4) is 0 Å². The molecule has 1 aromatic rings. The highest BCUT2D eigenvalue weighted by Crippen LogP contribution is 2.11. The van der Waals surface area contributed by atoms with Gasteiger partial charge in [0, 0.05) is 6.42 Å². The molecule has 0 atom stereocenters. The van der Waals surface area contributed by atoms with Gasteiger partial charge >= 0.3 is 0 Å². The lowest BCUT2D eigenvalue weighted by Crippen LogP contribution is -2.34. The maximum atomic E-state index is 13.0. The van der Waals surface area contributed by atoms with Crippen molar-refractivity contribution in [3.8, 4) is 0 Å². The van der Waals surface area contributed by atoms with Gasteiger partial charge in [0.25, 0.3) is 0 Å². The van der Waals surface area contributed by atoms with E-state index in [0.717, 1.165) is 12.1 Å². The summed E-state index contributed by atoms with van der Waals surface area (Å²) in [4.78, 5) is 4.34. The van der Waals surface area contributed by atoms with E-state index in [4.69, 9.17) is 5.84 Å². The second kappa shape index (κ2) is 5.23. The third-order valence-electron chi connectivity index (χ3n) is 1.99. The number of nitrogens with two attached hydrogens (primary N) is 1. The molecule has 0 amide bonds. The van der Waals surface area contributed by atoms with E-state index in [-0.39, 0.29) is 5.54 Å². The molecule has 1 aromatic carbocycles. The van der Waals surface area contributed by atoms with Crippen LogP contribution in [0.15, 0.2) is 23.2 Å². The molecule has 0 spiro atoms. The van der Waals surface area contributed by atoms with Crippen LogP contribution in [0.2, 0.25) is 0 Å². The number of hydrazine groups is 1. The first-order chi connectivity index (χ1) is 7.81. The summed E-state index contributed by atoms with van der Waals surface area (Å²) in [6, 6.07) is 3.74. The van der Waals surface area contributed by atoms with Crippen LogP contribution >= 0.6 is 0 Å². The Bertz CT molecular complexity index is 422. The summed E-state index contributed by atoms with van der Waals surface area (Å²) in [5.74, 6) is 4.15. The van der Waals surface area contributed by atoms with Crippen molar-refractivity contribution in [2.75, 3.05) is 0 Å². The van der Waals surface area contributed by atoms with Gasteiger partial charge in [-0.15, -0.1) is 0 Å². The lowest BCUT2D eigenvalue weighted by atomic mass is 10.1. The average molecular weight is 241 g/mol. The maximum absolute atomic E-state index is 13.0. The van der Waals surface area contributed by atoms with Gasteiger partial charge in [0.05, 0.1) is 5.54 Å². The Morgan fingerprint density at radius 1 is 1.29 bits per heavy atom. The van der Waals surface area contributed by atoms with Gasteiger partial charge in [-0.05, 0) is 38.5 Å². The Morgan fingerprint density at radius 2 is 1.94 bits per heavy atom. The Hall–Kier alpha value is -1.49. The molecule has 17 heavy (non-hydrogen) atoms. The Morgan fingerprint density at radius 3 is 2.41 bits per heavy atom. The van der Waals surface area contributed by atoms with Gasteiger partial charge in [-0.2, -0.15) is 0 Å². The Balaban J connectivity index is 2.88. The zero-order chi connectivity index (χ0) is 13.1. The van der Waals surface area contributed by atoms with E-state index >= 15 is 0 Å². The summed E-state index contributed by atoms with van der Waals surface area (Å²) in [5, 5.41) is 0. The first-order valence-corrected chi connectivity index (χ1v) is 5.31. The van der Waals surface area contributed by atoms with E-state index in [1.807, 2.05) is 20.8 Å². The van der Waals surface area contributed by atoms with Crippen molar-refractivity contribution in [3.63, 3.8) is 0 Å². The van der Waals surface area contributed by atoms with Crippen molar-refractivity contribution in [3.05, 3.63) is 35.4 Å². The van der Waals surface area contributed by atoms with Crippen molar-refractivity contribution in [2.24, 2.45) is 10.8 Å². The third kappa shape index (κ3) is 4.48. The number of aliphatic imine (C=N–C) groups is 1. The second-order valence-electron chi connectivity index (χ2n) is 4.80. The van der Waals surface area contributed by atoms with Crippen molar-refractivity contribution >= 4 is 5.84 Å². The quantitative estimate of drug-likeness (QED) is 0.361. The molecular formula is C12H17F2N3. The molecule has 0 aliphatic heterocycles. The van der Waals surface area contributed by atoms with Crippen LogP contribution in [-0.2, 0) is 6.42 Å². The highest BCUT2D eigenvalue weighted by molar-refractivity contribution is 5.84. The van der Waals surface area contributed by atoms with Gasteiger partial charge in [-0.1, -0.05) is 6.07 Å². The molecule has 0 bridgehead atoms. The van der Waals surface area contributed by atoms with Crippen molar-refractivity contribution in [2.45, 2.75) is 32.7 Å². The lowest BCUT2D eigenvalue weighted by molar-refractivity contribution is 0.507. The number of benzene rings is 1. The summed E-state index contributed by atoms with van der Waals surface area (Å²) in [7, 11) is 0. The van der Waals surface area contributed by atoms with Gasteiger partial charge < -0.3 is 5.43 Å². The van der Waals surface area contributed by atoms with Gasteiger partial charge in [-0.25, -0.2) is 14.6 Å². The van der Waals surface area contributed by atoms with Crippen molar-refractivity contribution in [1.29, 1.82) is 0 Å². The minimum atomic E-state index is -0.866. The second-order valence-corrected chi connectivity index (χ2v) is 4.80. The van der Waals surface area contributed by atoms with Gasteiger partial charge in [-0.3, -0.25) is 4.99 Å². The number of amidine groups is 1. The molecule has 0 saturated carbocycles. The Kier molecular flexibility index (Phi) is 4.17. The number of hydrogen-bond acceptors (Lipinski definition) is 2. The summed E-state index contributed by atoms with van der Waals surface area (Å²) in [6.45, 7) is 5.78. The number of nitrogens with zero attached hydrogens (tertiary/aromatic N) is 1. The number of hydrogen-bond donors (Lipinski definition) is 2. The van der Waals surface area contributed by atoms with Crippen LogP contribution in [0, 0.1) is 11.6 Å². The van der Waals surface area contributed by atoms with Crippen molar-refractivity contribution in [1.82, 2.24) is 5.43 Å². The van der Waals surface area contributed by atoms with Crippen LogP contribution in [0.25, 0.3) is 0 Å². The van der Waals surface area contributed by atoms with Crippen LogP contribution in [0.1, 0.15) is 26.3 Å². The molecule has 0 radical (unpaired) electrons. The molecule has 0 heterocycles. The third-order valence-corrected chi connectivity index (χ3v) is 1.99. The molecule has 1 rings (SSSR count). The number of halogens is 2. The van der Waals surface area contributed by atoms with Gasteiger partial charge in [0.2, 0.25) is 0 Å². The van der Waals surface area contributed by atoms with Crippen LogP contribution < -0.4 is 11.3 Å². The SMILES string of the molecule is CC(C)(C)N=C(Cc1ccc(F)c(F)c1)NN. The predicted octanol–water partition coefficient (Wildman–Crippen LogP) is 2.17. The molecule has 3 N–H and O–H groups in total. The number of nitrogens with one attached hydrogen (secondary N) is 1. The van der Waals surface area contributed by atoms with E-state index in [1.54, 1.807) is 0 Å². The summed E-state index contributed by atoms with van der Waals surface area (Å²) in [6.07, 6.45) is 0.338. The average Bonchev–Trinajstić information content (AvgIpc) is 2.20. The van der Waals surface area contributed by atoms with Crippen molar-refractivity contribution < 1.29 is 8.78 Å². The summed E-state index contributed by atoms with van der Waals surface area (Å²) < 4.78 is 25.7. The summed E-state index contributed by atoms with van der Waals surface area (Å²) >= 11 is 0. The minimum absolute atomic E-state index is 0.278.